The number of benzene rings is 2. The number of sulfonamides is 1. The molecule has 2 aromatic carbocycles. The van der Waals surface area contributed by atoms with Crippen molar-refractivity contribution >= 4 is 21.7 Å². The molecule has 0 aliphatic heterocycles. The highest BCUT2D eigenvalue weighted by molar-refractivity contribution is 7.92. The van der Waals surface area contributed by atoms with E-state index in [1.807, 2.05) is 0 Å². The molecule has 7 nitrogen and oxygen atoms in total. The lowest BCUT2D eigenvalue weighted by Crippen LogP contribution is -2.27. The first-order valence-electron chi connectivity index (χ1n) is 8.98. The van der Waals surface area contributed by atoms with Gasteiger partial charge in [0.25, 0.3) is 10.0 Å². The van der Waals surface area contributed by atoms with E-state index in [0.717, 1.165) is 10.4 Å². The van der Waals surface area contributed by atoms with Crippen LogP contribution in [0.3, 0.4) is 0 Å². The van der Waals surface area contributed by atoms with Gasteiger partial charge in [0, 0.05) is 13.2 Å². The first-order chi connectivity index (χ1) is 14.3. The fourth-order valence-corrected chi connectivity index (χ4v) is 3.88. The Kier molecular flexibility index (Phi) is 6.31. The molecular weight excluding hydrogens is 411 g/mol. The SMILES string of the molecule is CCOc1ncccc1C(=O)Oc1ccc(N(C)S(=O)(=O)c2ccccc2F)cc1. The Balaban J connectivity index is 1.78. The highest BCUT2D eigenvalue weighted by Crippen LogP contribution is 2.26. The van der Waals surface area contributed by atoms with Gasteiger partial charge in [-0.3, -0.25) is 4.31 Å². The smallest absolute Gasteiger partial charge is 0.349 e. The number of halogens is 1. The van der Waals surface area contributed by atoms with Gasteiger partial charge in [0.05, 0.1) is 12.3 Å². The minimum atomic E-state index is -4.09. The van der Waals surface area contributed by atoms with Crippen molar-refractivity contribution in [3.8, 4) is 11.6 Å². The predicted molar refractivity (Wildman–Crippen MR) is 109 cm³/mol. The van der Waals surface area contributed by atoms with Crippen molar-refractivity contribution in [3.63, 3.8) is 0 Å². The van der Waals surface area contributed by atoms with Crippen molar-refractivity contribution < 1.29 is 27.1 Å². The van der Waals surface area contributed by atoms with Crippen molar-refractivity contribution in [2.24, 2.45) is 0 Å². The molecule has 0 unspecified atom stereocenters. The second kappa shape index (κ2) is 8.91. The van der Waals surface area contributed by atoms with Gasteiger partial charge in [-0.15, -0.1) is 0 Å². The average molecular weight is 430 g/mol. The monoisotopic (exact) mass is 430 g/mol. The van der Waals surface area contributed by atoms with Gasteiger partial charge < -0.3 is 9.47 Å². The van der Waals surface area contributed by atoms with Crippen LogP contribution in [-0.4, -0.2) is 33.0 Å². The zero-order chi connectivity index (χ0) is 21.7. The number of aromatic nitrogens is 1. The summed E-state index contributed by atoms with van der Waals surface area (Å²) < 4.78 is 50.9. The maximum Gasteiger partial charge on any atom is 0.349 e. The summed E-state index contributed by atoms with van der Waals surface area (Å²) in [5.41, 5.74) is 0.442. The van der Waals surface area contributed by atoms with Crippen LogP contribution in [0.2, 0.25) is 0 Å². The third kappa shape index (κ3) is 4.41. The molecule has 1 aromatic heterocycles. The summed E-state index contributed by atoms with van der Waals surface area (Å²) in [6.07, 6.45) is 1.50. The van der Waals surface area contributed by atoms with Gasteiger partial charge in [-0.25, -0.2) is 22.6 Å². The molecule has 0 atom stereocenters. The van der Waals surface area contributed by atoms with Crippen LogP contribution in [-0.2, 0) is 10.0 Å². The Morgan fingerprint density at radius 1 is 1.07 bits per heavy atom. The van der Waals surface area contributed by atoms with E-state index in [2.05, 4.69) is 4.98 Å². The second-order valence-corrected chi connectivity index (χ2v) is 8.01. The van der Waals surface area contributed by atoms with Crippen LogP contribution < -0.4 is 13.8 Å². The van der Waals surface area contributed by atoms with Crippen molar-refractivity contribution in [1.29, 1.82) is 0 Å². The van der Waals surface area contributed by atoms with Gasteiger partial charge in [0.15, 0.2) is 0 Å². The molecule has 0 bridgehead atoms. The lowest BCUT2D eigenvalue weighted by molar-refractivity contribution is 0.0729. The standard InChI is InChI=1S/C21H19FN2O5S/c1-3-28-20-17(7-6-14-23-20)21(25)29-16-12-10-15(11-13-16)24(2)30(26,27)19-9-5-4-8-18(19)22/h4-14H,3H2,1-2H3. The van der Waals surface area contributed by atoms with Crippen LogP contribution in [0.15, 0.2) is 71.8 Å². The number of hydrogen-bond donors (Lipinski definition) is 0. The van der Waals surface area contributed by atoms with Gasteiger partial charge in [-0.2, -0.15) is 0 Å². The second-order valence-electron chi connectivity index (χ2n) is 6.08. The number of rotatable bonds is 7. The topological polar surface area (TPSA) is 85.8 Å². The predicted octanol–water partition coefficient (Wildman–Crippen LogP) is 3.66. The summed E-state index contributed by atoms with van der Waals surface area (Å²) in [5, 5.41) is 0. The highest BCUT2D eigenvalue weighted by atomic mass is 32.2. The number of esters is 1. The van der Waals surface area contributed by atoms with Gasteiger partial charge in [-0.1, -0.05) is 12.1 Å². The number of nitrogens with zero attached hydrogens (tertiary/aromatic N) is 2. The van der Waals surface area contributed by atoms with Gasteiger partial charge >= 0.3 is 5.97 Å². The lowest BCUT2D eigenvalue weighted by Gasteiger charge is -2.20. The van der Waals surface area contributed by atoms with E-state index in [4.69, 9.17) is 9.47 Å². The molecule has 0 saturated carbocycles. The number of pyridine rings is 1. The van der Waals surface area contributed by atoms with E-state index in [-0.39, 0.29) is 22.9 Å². The maximum atomic E-state index is 13.9. The molecule has 0 aliphatic carbocycles. The summed E-state index contributed by atoms with van der Waals surface area (Å²) in [4.78, 5) is 16.0. The zero-order valence-corrected chi connectivity index (χ0v) is 17.1. The van der Waals surface area contributed by atoms with Crippen LogP contribution in [0.25, 0.3) is 0 Å². The third-order valence-corrected chi connectivity index (χ3v) is 5.98. The Morgan fingerprint density at radius 3 is 2.43 bits per heavy atom. The fourth-order valence-electron chi connectivity index (χ4n) is 2.62. The van der Waals surface area contributed by atoms with E-state index in [0.29, 0.717) is 6.61 Å². The van der Waals surface area contributed by atoms with Crippen LogP contribution >= 0.6 is 0 Å². The molecule has 0 aliphatic rings. The van der Waals surface area contributed by atoms with Crippen LogP contribution in [0.4, 0.5) is 10.1 Å². The Labute approximate surface area is 173 Å². The lowest BCUT2D eigenvalue weighted by atomic mass is 10.2. The van der Waals surface area contributed by atoms with E-state index in [1.54, 1.807) is 13.0 Å². The van der Waals surface area contributed by atoms with Gasteiger partial charge in [0.1, 0.15) is 22.0 Å². The molecule has 0 spiro atoms. The minimum Gasteiger partial charge on any atom is -0.477 e. The Morgan fingerprint density at radius 2 is 1.77 bits per heavy atom. The number of hydrogen-bond acceptors (Lipinski definition) is 6. The van der Waals surface area contributed by atoms with Crippen LogP contribution in [0, 0.1) is 5.82 Å². The molecule has 0 N–H and O–H groups in total. The Bertz CT molecular complexity index is 1150. The van der Waals surface area contributed by atoms with Crippen molar-refractivity contribution in [2.45, 2.75) is 11.8 Å². The molecule has 0 radical (unpaired) electrons. The fraction of sp³-hybridized carbons (Fsp3) is 0.143. The zero-order valence-electron chi connectivity index (χ0n) is 16.3. The number of anilines is 1. The maximum absolute atomic E-state index is 13.9. The Hall–Kier alpha value is -3.46. The quantitative estimate of drug-likeness (QED) is 0.420. The van der Waals surface area contributed by atoms with Crippen LogP contribution in [0.5, 0.6) is 11.6 Å². The van der Waals surface area contributed by atoms with E-state index >= 15 is 0 Å². The normalized spacial score (nSPS) is 11.0. The molecule has 9 heteroatoms. The summed E-state index contributed by atoms with van der Waals surface area (Å²) in [6, 6.07) is 14.0. The number of ether oxygens (including phenoxy) is 2. The minimum absolute atomic E-state index is 0.164. The first-order valence-corrected chi connectivity index (χ1v) is 10.4. The molecular formula is C21H19FN2O5S. The van der Waals surface area contributed by atoms with Gasteiger partial charge in [0.2, 0.25) is 5.88 Å². The van der Waals surface area contributed by atoms with Crippen LogP contribution in [0.1, 0.15) is 17.3 Å². The number of carbonyl (C=O) groups is 1. The van der Waals surface area contributed by atoms with E-state index in [1.165, 1.54) is 61.8 Å². The highest BCUT2D eigenvalue weighted by Gasteiger charge is 2.24. The average Bonchev–Trinajstić information content (AvgIpc) is 2.74. The van der Waals surface area contributed by atoms with Crippen molar-refractivity contribution in [1.82, 2.24) is 4.98 Å². The molecule has 3 rings (SSSR count). The number of carbonyl (C=O) groups excluding carboxylic acids is 1. The summed E-state index contributed by atoms with van der Waals surface area (Å²) >= 11 is 0. The molecule has 30 heavy (non-hydrogen) atoms. The van der Waals surface area contributed by atoms with Crippen molar-refractivity contribution in [2.75, 3.05) is 18.0 Å². The molecule has 156 valence electrons. The summed E-state index contributed by atoms with van der Waals surface area (Å²) in [7, 11) is -2.78. The summed E-state index contributed by atoms with van der Waals surface area (Å²) in [6.45, 7) is 2.11. The molecule has 3 aromatic rings. The molecule has 0 saturated heterocycles. The molecule has 0 amide bonds. The largest absolute Gasteiger partial charge is 0.477 e. The molecule has 1 heterocycles. The summed E-state index contributed by atoms with van der Waals surface area (Å²) in [5.74, 6) is -1.13. The first kappa shape index (κ1) is 21.3. The van der Waals surface area contributed by atoms with Crippen molar-refractivity contribution in [3.05, 3.63) is 78.2 Å². The third-order valence-electron chi connectivity index (χ3n) is 4.16. The van der Waals surface area contributed by atoms with Gasteiger partial charge in [-0.05, 0) is 55.5 Å². The van der Waals surface area contributed by atoms with E-state index < -0.39 is 26.7 Å². The van der Waals surface area contributed by atoms with E-state index in [9.17, 15) is 17.6 Å². The molecule has 0 fully saturated rings.